The van der Waals surface area contributed by atoms with E-state index >= 15 is 0 Å². The molecule has 5 heteroatoms. The topological polar surface area (TPSA) is 38.1 Å². The van der Waals surface area contributed by atoms with Crippen LogP contribution in [0, 0.1) is 18.7 Å². The molecule has 0 aliphatic heterocycles. The largest absolute Gasteiger partial charge is 0.366 e. The molecule has 0 bridgehead atoms. The number of hydrogen-bond acceptors (Lipinski definition) is 3. The molecule has 0 atom stereocenters. The Morgan fingerprint density at radius 1 is 1.30 bits per heavy atom. The molecule has 0 saturated heterocycles. The van der Waals surface area contributed by atoms with Crippen molar-refractivity contribution in [3.8, 4) is 0 Å². The van der Waals surface area contributed by atoms with E-state index in [1.165, 1.54) is 25.0 Å². The predicted molar refractivity (Wildman–Crippen MR) is 89.1 cm³/mol. The first-order valence-electron chi connectivity index (χ1n) is 8.14. The average molecular weight is 315 g/mol. The number of rotatable bonds is 6. The fourth-order valence-electron chi connectivity index (χ4n) is 2.78. The lowest BCUT2D eigenvalue weighted by atomic mass is 10.2. The van der Waals surface area contributed by atoms with Crippen LogP contribution < -0.4 is 10.5 Å². The first kappa shape index (κ1) is 15.7. The van der Waals surface area contributed by atoms with Gasteiger partial charge in [-0.25, -0.2) is 9.37 Å². The predicted octanol–water partition coefficient (Wildman–Crippen LogP) is 3.13. The molecule has 0 N–H and O–H groups in total. The molecule has 1 heterocycles. The first-order chi connectivity index (χ1) is 11.1. The Kier molecular flexibility index (Phi) is 4.46. The molecule has 1 aliphatic carbocycles. The van der Waals surface area contributed by atoms with E-state index in [-0.39, 0.29) is 11.4 Å². The number of anilines is 1. The van der Waals surface area contributed by atoms with Crippen LogP contribution in [0.1, 0.15) is 31.3 Å². The molecule has 122 valence electrons. The van der Waals surface area contributed by atoms with Gasteiger partial charge in [0.2, 0.25) is 0 Å². The summed E-state index contributed by atoms with van der Waals surface area (Å²) in [7, 11) is 0. The second-order valence-corrected chi connectivity index (χ2v) is 6.18. The lowest BCUT2D eigenvalue weighted by Crippen LogP contribution is -2.28. The standard InChI is InChI=1S/C18H22FN3O/c1-3-21(17-8-6-15(19)7-9-17)12-16-10-18(23)22(13(2)20-16)11-14-4-5-14/h6-10,14H,3-5,11-12H2,1-2H3. The van der Waals surface area contributed by atoms with E-state index in [2.05, 4.69) is 9.88 Å². The van der Waals surface area contributed by atoms with Crippen LogP contribution >= 0.6 is 0 Å². The van der Waals surface area contributed by atoms with Gasteiger partial charge in [-0.1, -0.05) is 0 Å². The maximum absolute atomic E-state index is 13.1. The van der Waals surface area contributed by atoms with Gasteiger partial charge in [0, 0.05) is 24.8 Å². The highest BCUT2D eigenvalue weighted by Gasteiger charge is 2.23. The van der Waals surface area contributed by atoms with Gasteiger partial charge in [-0.15, -0.1) is 0 Å². The summed E-state index contributed by atoms with van der Waals surface area (Å²) in [6.07, 6.45) is 2.42. The summed E-state index contributed by atoms with van der Waals surface area (Å²) in [4.78, 5) is 19.0. The Labute approximate surface area is 135 Å². The van der Waals surface area contributed by atoms with Crippen molar-refractivity contribution in [1.29, 1.82) is 0 Å². The molecular formula is C18H22FN3O. The number of nitrogens with zero attached hydrogens (tertiary/aromatic N) is 3. The van der Waals surface area contributed by atoms with Gasteiger partial charge in [0.25, 0.3) is 5.56 Å². The van der Waals surface area contributed by atoms with Crippen molar-refractivity contribution in [3.63, 3.8) is 0 Å². The molecule has 0 spiro atoms. The zero-order valence-corrected chi connectivity index (χ0v) is 13.6. The highest BCUT2D eigenvalue weighted by Crippen LogP contribution is 2.30. The van der Waals surface area contributed by atoms with Crippen LogP contribution in [0.4, 0.5) is 10.1 Å². The summed E-state index contributed by atoms with van der Waals surface area (Å²) < 4.78 is 14.8. The minimum absolute atomic E-state index is 0.0227. The normalized spacial score (nSPS) is 14.0. The Morgan fingerprint density at radius 2 is 2.00 bits per heavy atom. The summed E-state index contributed by atoms with van der Waals surface area (Å²) >= 11 is 0. The fourth-order valence-corrected chi connectivity index (χ4v) is 2.78. The van der Waals surface area contributed by atoms with Gasteiger partial charge in [-0.2, -0.15) is 0 Å². The van der Waals surface area contributed by atoms with Crippen LogP contribution in [-0.2, 0) is 13.1 Å². The van der Waals surface area contributed by atoms with Crippen LogP contribution in [0.15, 0.2) is 35.1 Å². The minimum atomic E-state index is -0.249. The molecule has 4 nitrogen and oxygen atoms in total. The Morgan fingerprint density at radius 3 is 2.57 bits per heavy atom. The number of hydrogen-bond donors (Lipinski definition) is 0. The molecule has 23 heavy (non-hydrogen) atoms. The van der Waals surface area contributed by atoms with E-state index in [1.54, 1.807) is 22.8 Å². The lowest BCUT2D eigenvalue weighted by Gasteiger charge is -2.23. The summed E-state index contributed by atoms with van der Waals surface area (Å²) in [5, 5.41) is 0. The molecular weight excluding hydrogens is 293 g/mol. The van der Waals surface area contributed by atoms with Gasteiger partial charge < -0.3 is 4.90 Å². The van der Waals surface area contributed by atoms with Crippen molar-refractivity contribution < 1.29 is 4.39 Å². The van der Waals surface area contributed by atoms with Crippen LogP contribution in [0.2, 0.25) is 0 Å². The number of aryl methyl sites for hydroxylation is 1. The Hall–Kier alpha value is -2.17. The third kappa shape index (κ3) is 3.78. The maximum atomic E-state index is 13.1. The molecule has 2 aromatic rings. The quantitative estimate of drug-likeness (QED) is 0.822. The van der Waals surface area contributed by atoms with E-state index in [1.807, 2.05) is 13.8 Å². The van der Waals surface area contributed by atoms with E-state index in [0.717, 1.165) is 30.3 Å². The van der Waals surface area contributed by atoms with Crippen molar-refractivity contribution in [3.05, 3.63) is 58.0 Å². The summed E-state index contributed by atoms with van der Waals surface area (Å²) in [6.45, 7) is 6.01. The van der Waals surface area contributed by atoms with Crippen molar-refractivity contribution in [1.82, 2.24) is 9.55 Å². The van der Waals surface area contributed by atoms with Crippen LogP contribution in [-0.4, -0.2) is 16.1 Å². The van der Waals surface area contributed by atoms with Crippen molar-refractivity contribution >= 4 is 5.69 Å². The third-order valence-corrected chi connectivity index (χ3v) is 4.32. The Bertz CT molecular complexity index is 735. The molecule has 1 saturated carbocycles. The van der Waals surface area contributed by atoms with Gasteiger partial charge in [0.1, 0.15) is 11.6 Å². The molecule has 1 fully saturated rings. The molecule has 1 aliphatic rings. The summed E-state index contributed by atoms with van der Waals surface area (Å²) in [6, 6.07) is 8.02. The number of halogens is 1. The van der Waals surface area contributed by atoms with Gasteiger partial charge in [0.15, 0.2) is 0 Å². The van der Waals surface area contributed by atoms with E-state index < -0.39 is 0 Å². The number of aromatic nitrogens is 2. The van der Waals surface area contributed by atoms with Crippen molar-refractivity contribution in [2.75, 3.05) is 11.4 Å². The molecule has 0 unspecified atom stereocenters. The van der Waals surface area contributed by atoms with Gasteiger partial charge in [-0.05, 0) is 56.9 Å². The highest BCUT2D eigenvalue weighted by atomic mass is 19.1. The summed E-state index contributed by atoms with van der Waals surface area (Å²) in [5.41, 5.74) is 1.70. The van der Waals surface area contributed by atoms with Crippen LogP contribution in [0.3, 0.4) is 0 Å². The van der Waals surface area contributed by atoms with Crippen molar-refractivity contribution in [2.24, 2.45) is 5.92 Å². The second kappa shape index (κ2) is 6.52. The molecule has 3 rings (SSSR count). The monoisotopic (exact) mass is 315 g/mol. The average Bonchev–Trinajstić information content (AvgIpc) is 3.34. The Balaban J connectivity index is 1.80. The second-order valence-electron chi connectivity index (χ2n) is 6.18. The SMILES string of the molecule is CCN(Cc1cc(=O)n(CC2CC2)c(C)n1)c1ccc(F)cc1. The van der Waals surface area contributed by atoms with Gasteiger partial charge >= 0.3 is 0 Å². The fraction of sp³-hybridized carbons (Fsp3) is 0.444. The van der Waals surface area contributed by atoms with Crippen LogP contribution in [0.25, 0.3) is 0 Å². The smallest absolute Gasteiger partial charge is 0.253 e. The highest BCUT2D eigenvalue weighted by molar-refractivity contribution is 5.46. The number of benzene rings is 1. The maximum Gasteiger partial charge on any atom is 0.253 e. The van der Waals surface area contributed by atoms with Crippen LogP contribution in [0.5, 0.6) is 0 Å². The van der Waals surface area contributed by atoms with E-state index in [9.17, 15) is 9.18 Å². The third-order valence-electron chi connectivity index (χ3n) is 4.32. The van der Waals surface area contributed by atoms with Gasteiger partial charge in [0.05, 0.1) is 12.2 Å². The van der Waals surface area contributed by atoms with Gasteiger partial charge in [-0.3, -0.25) is 9.36 Å². The van der Waals surface area contributed by atoms with E-state index in [4.69, 9.17) is 0 Å². The van der Waals surface area contributed by atoms with E-state index in [0.29, 0.717) is 12.5 Å². The lowest BCUT2D eigenvalue weighted by molar-refractivity contribution is 0.572. The first-order valence-corrected chi connectivity index (χ1v) is 8.14. The molecule has 0 amide bonds. The zero-order chi connectivity index (χ0) is 16.4. The summed E-state index contributed by atoms with van der Waals surface area (Å²) in [5.74, 6) is 1.17. The molecule has 1 aromatic heterocycles. The molecule has 0 radical (unpaired) electrons. The molecule has 1 aromatic carbocycles. The van der Waals surface area contributed by atoms with Crippen molar-refractivity contribution in [2.45, 2.75) is 39.8 Å². The zero-order valence-electron chi connectivity index (χ0n) is 13.6. The minimum Gasteiger partial charge on any atom is -0.366 e.